The van der Waals surface area contributed by atoms with E-state index in [0.29, 0.717) is 13.0 Å². The summed E-state index contributed by atoms with van der Waals surface area (Å²) in [4.78, 5) is 10.9. The quantitative estimate of drug-likeness (QED) is 0.737. The Labute approximate surface area is 120 Å². The van der Waals surface area contributed by atoms with E-state index in [1.807, 2.05) is 31.2 Å². The van der Waals surface area contributed by atoms with Gasteiger partial charge in [-0.05, 0) is 25.3 Å². The van der Waals surface area contributed by atoms with Crippen LogP contribution in [0.25, 0.3) is 0 Å². The highest BCUT2D eigenvalue weighted by molar-refractivity contribution is 7.89. The van der Waals surface area contributed by atoms with E-state index in [4.69, 9.17) is 0 Å². The van der Waals surface area contributed by atoms with Crippen molar-refractivity contribution in [1.29, 1.82) is 0 Å². The lowest BCUT2D eigenvalue weighted by Crippen LogP contribution is -2.28. The molecule has 0 radical (unpaired) electrons. The van der Waals surface area contributed by atoms with Crippen LogP contribution in [0.15, 0.2) is 24.3 Å². The molecular formula is C14H21NO4S. The third kappa shape index (κ3) is 6.68. The normalized spacial score (nSPS) is 11.3. The van der Waals surface area contributed by atoms with Crippen LogP contribution in [0.3, 0.4) is 0 Å². The Morgan fingerprint density at radius 3 is 2.75 bits per heavy atom. The summed E-state index contributed by atoms with van der Waals surface area (Å²) in [5.74, 6) is -0.449. The van der Waals surface area contributed by atoms with Crippen molar-refractivity contribution in [3.63, 3.8) is 0 Å². The maximum atomic E-state index is 11.7. The maximum Gasteiger partial charge on any atom is 0.305 e. The SMILES string of the molecule is COC(=O)CCCS(=O)(=O)NCCc1cccc(C)c1. The molecule has 1 aromatic carbocycles. The monoisotopic (exact) mass is 299 g/mol. The summed E-state index contributed by atoms with van der Waals surface area (Å²) in [5, 5.41) is 0. The molecule has 1 rings (SSSR count). The molecule has 0 saturated heterocycles. The topological polar surface area (TPSA) is 72.5 Å². The molecular weight excluding hydrogens is 278 g/mol. The number of sulfonamides is 1. The lowest BCUT2D eigenvalue weighted by atomic mass is 10.1. The average molecular weight is 299 g/mol. The van der Waals surface area contributed by atoms with Crippen molar-refractivity contribution in [2.45, 2.75) is 26.2 Å². The first-order chi connectivity index (χ1) is 9.43. The average Bonchev–Trinajstić information content (AvgIpc) is 2.38. The second kappa shape index (κ2) is 8.01. The van der Waals surface area contributed by atoms with Crippen molar-refractivity contribution < 1.29 is 17.9 Å². The molecule has 0 bridgehead atoms. The number of hydrogen-bond acceptors (Lipinski definition) is 4. The summed E-state index contributed by atoms with van der Waals surface area (Å²) < 4.78 is 30.4. The fourth-order valence-corrected chi connectivity index (χ4v) is 2.88. The minimum absolute atomic E-state index is 0.0596. The Balaban J connectivity index is 2.31. The molecule has 0 unspecified atom stereocenters. The third-order valence-electron chi connectivity index (χ3n) is 2.84. The molecule has 0 fully saturated rings. The minimum atomic E-state index is -3.32. The Bertz CT molecular complexity index is 540. The maximum absolute atomic E-state index is 11.7. The number of methoxy groups -OCH3 is 1. The van der Waals surface area contributed by atoms with Crippen LogP contribution in [-0.4, -0.2) is 33.8 Å². The summed E-state index contributed by atoms with van der Waals surface area (Å²) >= 11 is 0. The van der Waals surface area contributed by atoms with Crippen LogP contribution in [0.5, 0.6) is 0 Å². The molecule has 0 aliphatic rings. The second-order valence-electron chi connectivity index (χ2n) is 4.63. The van der Waals surface area contributed by atoms with E-state index >= 15 is 0 Å². The smallest absolute Gasteiger partial charge is 0.305 e. The van der Waals surface area contributed by atoms with Gasteiger partial charge in [-0.3, -0.25) is 4.79 Å². The highest BCUT2D eigenvalue weighted by atomic mass is 32.2. The number of rotatable bonds is 8. The van der Waals surface area contributed by atoms with E-state index in [-0.39, 0.29) is 24.6 Å². The highest BCUT2D eigenvalue weighted by Crippen LogP contribution is 2.04. The number of nitrogens with one attached hydrogen (secondary N) is 1. The van der Waals surface area contributed by atoms with Gasteiger partial charge in [0.05, 0.1) is 12.9 Å². The van der Waals surface area contributed by atoms with Crippen molar-refractivity contribution >= 4 is 16.0 Å². The molecule has 1 aromatic rings. The number of carbonyl (C=O) groups is 1. The lowest BCUT2D eigenvalue weighted by Gasteiger charge is -2.07. The van der Waals surface area contributed by atoms with Crippen molar-refractivity contribution in [2.24, 2.45) is 0 Å². The molecule has 20 heavy (non-hydrogen) atoms. The number of carbonyl (C=O) groups excluding carboxylic acids is 1. The van der Waals surface area contributed by atoms with Crippen LogP contribution in [0.4, 0.5) is 0 Å². The Morgan fingerprint density at radius 2 is 2.10 bits per heavy atom. The molecule has 0 aromatic heterocycles. The first-order valence-electron chi connectivity index (χ1n) is 6.52. The van der Waals surface area contributed by atoms with Gasteiger partial charge in [0.1, 0.15) is 0 Å². The standard InChI is InChI=1S/C14H21NO4S/c1-12-5-3-6-13(11-12)8-9-15-20(17,18)10-4-7-14(16)19-2/h3,5-6,11,15H,4,7-10H2,1-2H3. The fraction of sp³-hybridized carbons (Fsp3) is 0.500. The van der Waals surface area contributed by atoms with E-state index < -0.39 is 10.0 Å². The summed E-state index contributed by atoms with van der Waals surface area (Å²) in [7, 11) is -2.03. The van der Waals surface area contributed by atoms with Crippen LogP contribution in [-0.2, 0) is 26.0 Å². The van der Waals surface area contributed by atoms with Gasteiger partial charge in [0.15, 0.2) is 0 Å². The lowest BCUT2D eigenvalue weighted by molar-refractivity contribution is -0.140. The zero-order chi connectivity index (χ0) is 15.0. The zero-order valence-corrected chi connectivity index (χ0v) is 12.7. The number of aryl methyl sites for hydroxylation is 1. The minimum Gasteiger partial charge on any atom is -0.469 e. The third-order valence-corrected chi connectivity index (χ3v) is 4.31. The van der Waals surface area contributed by atoms with Gasteiger partial charge in [-0.1, -0.05) is 29.8 Å². The van der Waals surface area contributed by atoms with Gasteiger partial charge in [-0.15, -0.1) is 0 Å². The van der Waals surface area contributed by atoms with Crippen molar-refractivity contribution in [3.05, 3.63) is 35.4 Å². The second-order valence-corrected chi connectivity index (χ2v) is 6.56. The van der Waals surface area contributed by atoms with Gasteiger partial charge in [0.25, 0.3) is 0 Å². The summed E-state index contributed by atoms with van der Waals surface area (Å²) in [5.41, 5.74) is 2.26. The van der Waals surface area contributed by atoms with E-state index in [0.717, 1.165) is 11.1 Å². The van der Waals surface area contributed by atoms with E-state index in [2.05, 4.69) is 9.46 Å². The Kier molecular flexibility index (Phi) is 6.67. The molecule has 0 atom stereocenters. The molecule has 1 N–H and O–H groups in total. The van der Waals surface area contributed by atoms with Gasteiger partial charge in [-0.25, -0.2) is 13.1 Å². The molecule has 6 heteroatoms. The van der Waals surface area contributed by atoms with Crippen LogP contribution in [0.2, 0.25) is 0 Å². The van der Waals surface area contributed by atoms with Gasteiger partial charge < -0.3 is 4.74 Å². The Morgan fingerprint density at radius 1 is 1.35 bits per heavy atom. The number of hydrogen-bond donors (Lipinski definition) is 1. The molecule has 5 nitrogen and oxygen atoms in total. The highest BCUT2D eigenvalue weighted by Gasteiger charge is 2.11. The van der Waals surface area contributed by atoms with Crippen LogP contribution in [0.1, 0.15) is 24.0 Å². The predicted molar refractivity (Wildman–Crippen MR) is 77.9 cm³/mol. The van der Waals surface area contributed by atoms with Crippen molar-refractivity contribution in [2.75, 3.05) is 19.4 Å². The summed E-state index contributed by atoms with van der Waals surface area (Å²) in [6.07, 6.45) is 1.04. The molecule has 112 valence electrons. The molecule has 0 aliphatic heterocycles. The first kappa shape index (κ1) is 16.7. The molecule has 0 heterocycles. The van der Waals surface area contributed by atoms with Crippen LogP contribution < -0.4 is 4.72 Å². The van der Waals surface area contributed by atoms with Gasteiger partial charge in [0.2, 0.25) is 10.0 Å². The van der Waals surface area contributed by atoms with Gasteiger partial charge in [0, 0.05) is 13.0 Å². The number of benzene rings is 1. The largest absolute Gasteiger partial charge is 0.469 e. The van der Waals surface area contributed by atoms with Gasteiger partial charge in [-0.2, -0.15) is 0 Å². The molecule has 0 spiro atoms. The number of esters is 1. The predicted octanol–water partition coefficient (Wildman–Crippen LogP) is 1.41. The number of ether oxygens (including phenoxy) is 1. The summed E-state index contributed by atoms with van der Waals surface area (Å²) in [6, 6.07) is 7.96. The fourth-order valence-electron chi connectivity index (χ4n) is 1.80. The molecule has 0 amide bonds. The van der Waals surface area contributed by atoms with Crippen LogP contribution in [0, 0.1) is 6.92 Å². The summed E-state index contributed by atoms with van der Waals surface area (Å²) in [6.45, 7) is 2.37. The molecule has 0 aliphatic carbocycles. The van der Waals surface area contributed by atoms with Crippen molar-refractivity contribution in [1.82, 2.24) is 4.72 Å². The van der Waals surface area contributed by atoms with Crippen LogP contribution >= 0.6 is 0 Å². The van der Waals surface area contributed by atoms with E-state index in [1.165, 1.54) is 7.11 Å². The van der Waals surface area contributed by atoms with E-state index in [1.54, 1.807) is 0 Å². The zero-order valence-electron chi connectivity index (χ0n) is 11.9. The van der Waals surface area contributed by atoms with Gasteiger partial charge >= 0.3 is 5.97 Å². The molecule has 0 saturated carbocycles. The Hall–Kier alpha value is -1.40. The van der Waals surface area contributed by atoms with Crippen molar-refractivity contribution in [3.8, 4) is 0 Å². The van der Waals surface area contributed by atoms with E-state index in [9.17, 15) is 13.2 Å². The first-order valence-corrected chi connectivity index (χ1v) is 8.18.